The van der Waals surface area contributed by atoms with Crippen LogP contribution in [0.15, 0.2) is 40.6 Å². The van der Waals surface area contributed by atoms with Crippen LogP contribution in [0.2, 0.25) is 0 Å². The summed E-state index contributed by atoms with van der Waals surface area (Å²) in [4.78, 5) is 38.4. The van der Waals surface area contributed by atoms with Crippen molar-refractivity contribution in [2.75, 3.05) is 19.6 Å². The number of amides is 3. The van der Waals surface area contributed by atoms with Crippen molar-refractivity contribution in [2.24, 2.45) is 0 Å². The molecule has 29 heavy (non-hydrogen) atoms. The fourth-order valence-electron chi connectivity index (χ4n) is 3.05. The van der Waals surface area contributed by atoms with E-state index in [1.165, 1.54) is 10.4 Å². The minimum Gasteiger partial charge on any atom is -0.350 e. The van der Waals surface area contributed by atoms with Gasteiger partial charge < -0.3 is 5.32 Å². The predicted octanol–water partition coefficient (Wildman–Crippen LogP) is 1.69. The molecule has 8 nitrogen and oxygen atoms in total. The molecule has 0 unspecified atom stereocenters. The van der Waals surface area contributed by atoms with E-state index in [0.29, 0.717) is 18.0 Å². The predicted molar refractivity (Wildman–Crippen MR) is 108 cm³/mol. The first kappa shape index (κ1) is 21.2. The maximum Gasteiger partial charge on any atom is 0.262 e. The standard InChI is InChI=1S/C19H21N3O5S2/c1-3-21(4-2)29(26,27)17-10-9-13(28-17)11-20-16(23)12-22-18(24)14-7-5-6-8-15(14)19(22)25/h5-10H,3-4,11-12H2,1-2H3,(H,20,23). The molecule has 1 aromatic heterocycles. The molecule has 0 bridgehead atoms. The molecule has 10 heteroatoms. The van der Waals surface area contributed by atoms with Gasteiger partial charge in [0, 0.05) is 18.0 Å². The lowest BCUT2D eigenvalue weighted by molar-refractivity contribution is -0.121. The van der Waals surface area contributed by atoms with Crippen molar-refractivity contribution >= 4 is 39.1 Å². The Labute approximate surface area is 173 Å². The Kier molecular flexibility index (Phi) is 6.15. The minimum atomic E-state index is -3.54. The average molecular weight is 436 g/mol. The van der Waals surface area contributed by atoms with Gasteiger partial charge in [0.15, 0.2) is 0 Å². The molecule has 1 N–H and O–H groups in total. The molecule has 3 rings (SSSR count). The van der Waals surface area contributed by atoms with Crippen LogP contribution in [-0.4, -0.2) is 55.0 Å². The summed E-state index contributed by atoms with van der Waals surface area (Å²) in [5, 5.41) is 2.63. The zero-order valence-electron chi connectivity index (χ0n) is 16.0. The molecule has 1 aromatic carbocycles. The van der Waals surface area contributed by atoms with Crippen molar-refractivity contribution in [3.05, 3.63) is 52.4 Å². The average Bonchev–Trinajstić information content (AvgIpc) is 3.28. The summed E-state index contributed by atoms with van der Waals surface area (Å²) in [5.74, 6) is -1.49. The number of benzene rings is 1. The highest BCUT2D eigenvalue weighted by molar-refractivity contribution is 7.91. The zero-order valence-corrected chi connectivity index (χ0v) is 17.7. The van der Waals surface area contributed by atoms with Gasteiger partial charge in [0.05, 0.1) is 17.7 Å². The molecule has 154 valence electrons. The van der Waals surface area contributed by atoms with Crippen LogP contribution in [-0.2, 0) is 21.4 Å². The molecular weight excluding hydrogens is 414 g/mol. The number of fused-ring (bicyclic) bond motifs is 1. The normalized spacial score (nSPS) is 13.8. The van der Waals surface area contributed by atoms with E-state index in [4.69, 9.17) is 0 Å². The fourth-order valence-corrected chi connectivity index (χ4v) is 5.96. The molecule has 3 amide bonds. The van der Waals surface area contributed by atoms with E-state index in [1.807, 2.05) is 0 Å². The van der Waals surface area contributed by atoms with E-state index in [-0.39, 0.29) is 28.4 Å². The molecule has 0 radical (unpaired) electrons. The lowest BCUT2D eigenvalue weighted by atomic mass is 10.1. The van der Waals surface area contributed by atoms with Gasteiger partial charge in [0.2, 0.25) is 5.91 Å². The van der Waals surface area contributed by atoms with Gasteiger partial charge in [-0.3, -0.25) is 19.3 Å². The van der Waals surface area contributed by atoms with Gasteiger partial charge in [0.1, 0.15) is 10.8 Å². The van der Waals surface area contributed by atoms with Crippen LogP contribution in [0, 0.1) is 0 Å². The van der Waals surface area contributed by atoms with Gasteiger partial charge >= 0.3 is 0 Å². The number of rotatable bonds is 8. The fraction of sp³-hybridized carbons (Fsp3) is 0.316. The Morgan fingerprint density at radius 3 is 2.17 bits per heavy atom. The third-order valence-corrected chi connectivity index (χ3v) is 8.18. The summed E-state index contributed by atoms with van der Waals surface area (Å²) < 4.78 is 26.6. The molecule has 0 atom stereocenters. The largest absolute Gasteiger partial charge is 0.350 e. The first-order valence-electron chi connectivity index (χ1n) is 9.10. The summed E-state index contributed by atoms with van der Waals surface area (Å²) in [7, 11) is -3.54. The van der Waals surface area contributed by atoms with Crippen LogP contribution in [0.4, 0.5) is 0 Å². The van der Waals surface area contributed by atoms with Crippen LogP contribution >= 0.6 is 11.3 Å². The Bertz CT molecular complexity index is 1020. The highest BCUT2D eigenvalue weighted by Crippen LogP contribution is 2.25. The first-order valence-corrected chi connectivity index (χ1v) is 11.4. The van der Waals surface area contributed by atoms with Crippen LogP contribution in [0.5, 0.6) is 0 Å². The lowest BCUT2D eigenvalue weighted by Gasteiger charge is -2.16. The number of hydrogen-bond donors (Lipinski definition) is 1. The number of hydrogen-bond acceptors (Lipinski definition) is 6. The van der Waals surface area contributed by atoms with Crippen molar-refractivity contribution in [1.82, 2.24) is 14.5 Å². The summed E-state index contributed by atoms with van der Waals surface area (Å²) in [5.41, 5.74) is 0.574. The number of carbonyl (C=O) groups excluding carboxylic acids is 3. The summed E-state index contributed by atoms with van der Waals surface area (Å²) in [6.07, 6.45) is 0. The Morgan fingerprint density at radius 1 is 1.03 bits per heavy atom. The van der Waals surface area contributed by atoms with Crippen LogP contribution in [0.3, 0.4) is 0 Å². The molecule has 1 aliphatic rings. The molecule has 2 aromatic rings. The van der Waals surface area contributed by atoms with Gasteiger partial charge in [-0.1, -0.05) is 26.0 Å². The molecule has 2 heterocycles. The lowest BCUT2D eigenvalue weighted by Crippen LogP contribution is -2.40. The maximum absolute atomic E-state index is 12.5. The van der Waals surface area contributed by atoms with Gasteiger partial charge in [-0.2, -0.15) is 4.31 Å². The molecule has 1 aliphatic heterocycles. The van der Waals surface area contributed by atoms with Crippen LogP contribution in [0.25, 0.3) is 0 Å². The zero-order chi connectivity index (χ0) is 21.2. The number of sulfonamides is 1. The number of imide groups is 1. The maximum atomic E-state index is 12.5. The van der Waals surface area contributed by atoms with Gasteiger partial charge in [-0.25, -0.2) is 8.42 Å². The second-order valence-corrected chi connectivity index (χ2v) is 9.66. The van der Waals surface area contributed by atoms with Crippen LogP contribution < -0.4 is 5.32 Å². The first-order chi connectivity index (χ1) is 13.8. The Morgan fingerprint density at radius 2 is 1.62 bits per heavy atom. The second kappa shape index (κ2) is 8.44. The van der Waals surface area contributed by atoms with E-state index in [1.54, 1.807) is 44.2 Å². The topological polar surface area (TPSA) is 104 Å². The van der Waals surface area contributed by atoms with Crippen molar-refractivity contribution in [3.63, 3.8) is 0 Å². The monoisotopic (exact) mass is 435 g/mol. The molecule has 0 saturated carbocycles. The van der Waals surface area contributed by atoms with Crippen molar-refractivity contribution in [2.45, 2.75) is 24.6 Å². The summed E-state index contributed by atoms with van der Waals surface area (Å²) >= 11 is 1.08. The van der Waals surface area contributed by atoms with Gasteiger partial charge in [0.25, 0.3) is 21.8 Å². The number of nitrogens with one attached hydrogen (secondary N) is 1. The highest BCUT2D eigenvalue weighted by Gasteiger charge is 2.36. The number of thiophene rings is 1. The van der Waals surface area contributed by atoms with Crippen molar-refractivity contribution < 1.29 is 22.8 Å². The van der Waals surface area contributed by atoms with E-state index in [2.05, 4.69) is 5.32 Å². The Balaban J connectivity index is 1.61. The third kappa shape index (κ3) is 4.09. The SMILES string of the molecule is CCN(CC)S(=O)(=O)c1ccc(CNC(=O)CN2C(=O)c3ccccc3C2=O)s1. The summed E-state index contributed by atoms with van der Waals surface area (Å²) in [6.45, 7) is 4.03. The minimum absolute atomic E-state index is 0.112. The van der Waals surface area contributed by atoms with E-state index >= 15 is 0 Å². The van der Waals surface area contributed by atoms with Crippen molar-refractivity contribution in [3.8, 4) is 0 Å². The van der Waals surface area contributed by atoms with Gasteiger partial charge in [-0.15, -0.1) is 11.3 Å². The number of nitrogens with zero attached hydrogens (tertiary/aromatic N) is 2. The van der Waals surface area contributed by atoms with E-state index in [0.717, 1.165) is 16.2 Å². The molecule has 0 aliphatic carbocycles. The second-order valence-electron chi connectivity index (χ2n) is 6.33. The van der Waals surface area contributed by atoms with Crippen LogP contribution in [0.1, 0.15) is 39.4 Å². The molecule has 0 saturated heterocycles. The van der Waals surface area contributed by atoms with Gasteiger partial charge in [-0.05, 0) is 24.3 Å². The smallest absolute Gasteiger partial charge is 0.262 e. The Hall–Kier alpha value is -2.56. The molecular formula is C19H21N3O5S2. The molecule has 0 fully saturated rings. The molecule has 0 spiro atoms. The third-order valence-electron chi connectivity index (χ3n) is 4.58. The van der Waals surface area contributed by atoms with E-state index in [9.17, 15) is 22.8 Å². The highest BCUT2D eigenvalue weighted by atomic mass is 32.2. The summed E-state index contributed by atoms with van der Waals surface area (Å²) in [6, 6.07) is 9.59. The number of carbonyl (C=O) groups is 3. The van der Waals surface area contributed by atoms with Crippen molar-refractivity contribution in [1.29, 1.82) is 0 Å². The quantitative estimate of drug-likeness (QED) is 0.636. The van der Waals surface area contributed by atoms with E-state index < -0.39 is 27.7 Å².